The van der Waals surface area contributed by atoms with E-state index in [1.54, 1.807) is 40.8 Å². The zero-order chi connectivity index (χ0) is 29.8. The van der Waals surface area contributed by atoms with Crippen LogP contribution in [0.2, 0.25) is 0 Å². The standard InChI is InChI=1S/C30H33F2N5O3/c1-17(2)19-10-11-21(24(32)13-19)28(38)36-25-15-20(31)14-23(18(25)3)26-22(27(33)35-16-34-26)9-8-12-37(7)29(39)40-30(4,5)6/h10-11,13-17H,12H2,1-7H3,(H,36,38)(H2,33,34,35). The van der Waals surface area contributed by atoms with E-state index < -0.39 is 29.2 Å². The maximum atomic E-state index is 14.8. The zero-order valence-electron chi connectivity index (χ0n) is 23.6. The molecule has 0 aliphatic heterocycles. The van der Waals surface area contributed by atoms with Crippen molar-refractivity contribution in [3.63, 3.8) is 0 Å². The van der Waals surface area contributed by atoms with Crippen LogP contribution in [0.4, 0.5) is 25.1 Å². The molecule has 10 heteroatoms. The van der Waals surface area contributed by atoms with Crippen LogP contribution in [0.25, 0.3) is 11.3 Å². The van der Waals surface area contributed by atoms with Gasteiger partial charge >= 0.3 is 6.09 Å². The molecule has 0 bridgehead atoms. The van der Waals surface area contributed by atoms with Gasteiger partial charge in [-0.05, 0) is 69.0 Å². The Labute approximate surface area is 233 Å². The summed E-state index contributed by atoms with van der Waals surface area (Å²) >= 11 is 0. The Kier molecular flexibility index (Phi) is 9.10. The molecule has 0 saturated carbocycles. The number of benzene rings is 2. The van der Waals surface area contributed by atoms with Gasteiger partial charge < -0.3 is 20.7 Å². The Morgan fingerprint density at radius 3 is 2.48 bits per heavy atom. The summed E-state index contributed by atoms with van der Waals surface area (Å²) < 4.78 is 34.8. The second-order valence-corrected chi connectivity index (χ2v) is 10.6. The Balaban J connectivity index is 1.94. The molecule has 0 unspecified atom stereocenters. The van der Waals surface area contributed by atoms with Crippen molar-refractivity contribution < 1.29 is 23.1 Å². The van der Waals surface area contributed by atoms with E-state index in [4.69, 9.17) is 10.5 Å². The number of aromatic nitrogens is 2. The first-order valence-electron chi connectivity index (χ1n) is 12.6. The van der Waals surface area contributed by atoms with Gasteiger partial charge in [0.1, 0.15) is 29.4 Å². The van der Waals surface area contributed by atoms with E-state index in [1.165, 1.54) is 29.4 Å². The molecule has 0 fully saturated rings. The molecule has 3 aromatic rings. The van der Waals surface area contributed by atoms with Gasteiger partial charge in [0.2, 0.25) is 0 Å². The van der Waals surface area contributed by atoms with Crippen molar-refractivity contribution in [2.45, 2.75) is 53.1 Å². The first-order chi connectivity index (χ1) is 18.7. The fraction of sp³-hybridized carbons (Fsp3) is 0.333. The SMILES string of the molecule is Cc1c(NC(=O)c2ccc(C(C)C)cc2F)cc(F)cc1-c1ncnc(N)c1C#CCN(C)C(=O)OC(C)(C)C. The van der Waals surface area contributed by atoms with Crippen LogP contribution in [0.3, 0.4) is 0 Å². The highest BCUT2D eigenvalue weighted by atomic mass is 19.1. The normalized spacial score (nSPS) is 11.1. The van der Waals surface area contributed by atoms with Gasteiger partial charge in [-0.25, -0.2) is 23.5 Å². The second kappa shape index (κ2) is 12.1. The minimum absolute atomic E-state index is 0.0211. The molecule has 210 valence electrons. The fourth-order valence-corrected chi connectivity index (χ4v) is 3.70. The minimum Gasteiger partial charge on any atom is -0.444 e. The van der Waals surface area contributed by atoms with Gasteiger partial charge in [-0.3, -0.25) is 4.79 Å². The molecule has 0 radical (unpaired) electrons. The summed E-state index contributed by atoms with van der Waals surface area (Å²) in [6, 6.07) is 6.79. The summed E-state index contributed by atoms with van der Waals surface area (Å²) in [6.07, 6.45) is 0.674. The summed E-state index contributed by atoms with van der Waals surface area (Å²) in [4.78, 5) is 34.7. The molecular formula is C30H33F2N5O3. The van der Waals surface area contributed by atoms with Crippen molar-refractivity contribution in [1.29, 1.82) is 0 Å². The summed E-state index contributed by atoms with van der Waals surface area (Å²) in [7, 11) is 1.54. The quantitative estimate of drug-likeness (QED) is 0.383. The average molecular weight is 550 g/mol. The largest absolute Gasteiger partial charge is 0.444 e. The average Bonchev–Trinajstić information content (AvgIpc) is 2.85. The predicted octanol–water partition coefficient (Wildman–Crippen LogP) is 5.91. The van der Waals surface area contributed by atoms with Gasteiger partial charge in [-0.15, -0.1) is 0 Å². The molecule has 0 atom stereocenters. The fourth-order valence-electron chi connectivity index (χ4n) is 3.70. The molecule has 3 N–H and O–H groups in total. The Bertz CT molecular complexity index is 1500. The number of hydrogen-bond acceptors (Lipinski definition) is 6. The molecule has 3 rings (SSSR count). The summed E-state index contributed by atoms with van der Waals surface area (Å²) in [5.41, 5.74) is 7.38. The van der Waals surface area contributed by atoms with Crippen LogP contribution < -0.4 is 11.1 Å². The van der Waals surface area contributed by atoms with Crippen molar-refractivity contribution in [2.75, 3.05) is 24.6 Å². The zero-order valence-corrected chi connectivity index (χ0v) is 23.6. The molecule has 2 amide bonds. The van der Waals surface area contributed by atoms with Gasteiger partial charge in [0, 0.05) is 18.3 Å². The molecule has 0 aliphatic rings. The summed E-state index contributed by atoms with van der Waals surface area (Å²) in [5, 5.41) is 2.60. The van der Waals surface area contributed by atoms with Gasteiger partial charge in [-0.1, -0.05) is 31.8 Å². The summed E-state index contributed by atoms with van der Waals surface area (Å²) in [5.74, 6) is 3.82. The van der Waals surface area contributed by atoms with Crippen LogP contribution in [0.15, 0.2) is 36.7 Å². The Hall–Kier alpha value is -4.52. The van der Waals surface area contributed by atoms with Crippen molar-refractivity contribution in [1.82, 2.24) is 14.9 Å². The van der Waals surface area contributed by atoms with Crippen LogP contribution >= 0.6 is 0 Å². The first kappa shape index (κ1) is 30.0. The monoisotopic (exact) mass is 549 g/mol. The first-order valence-corrected chi connectivity index (χ1v) is 12.6. The topological polar surface area (TPSA) is 110 Å². The lowest BCUT2D eigenvalue weighted by Gasteiger charge is -2.23. The van der Waals surface area contributed by atoms with E-state index in [0.29, 0.717) is 11.1 Å². The highest BCUT2D eigenvalue weighted by molar-refractivity contribution is 6.05. The van der Waals surface area contributed by atoms with Crippen LogP contribution in [0.1, 0.15) is 67.6 Å². The molecule has 8 nitrogen and oxygen atoms in total. The van der Waals surface area contributed by atoms with Crippen LogP contribution in [0.5, 0.6) is 0 Å². The molecule has 1 aromatic heterocycles. The third kappa shape index (κ3) is 7.32. The van der Waals surface area contributed by atoms with E-state index in [2.05, 4.69) is 27.1 Å². The number of amides is 2. The third-order valence-electron chi connectivity index (χ3n) is 5.89. The van der Waals surface area contributed by atoms with E-state index in [-0.39, 0.29) is 40.8 Å². The van der Waals surface area contributed by atoms with Crippen LogP contribution in [0, 0.1) is 30.4 Å². The Morgan fingerprint density at radius 1 is 1.15 bits per heavy atom. The molecule has 40 heavy (non-hydrogen) atoms. The highest BCUT2D eigenvalue weighted by Crippen LogP contribution is 2.32. The smallest absolute Gasteiger partial charge is 0.410 e. The molecule has 0 saturated heterocycles. The van der Waals surface area contributed by atoms with Gasteiger partial charge in [-0.2, -0.15) is 0 Å². The van der Waals surface area contributed by atoms with E-state index in [9.17, 15) is 18.4 Å². The number of halogens is 2. The lowest BCUT2D eigenvalue weighted by atomic mass is 9.99. The number of nitrogens with zero attached hydrogens (tertiary/aromatic N) is 3. The molecular weight excluding hydrogens is 516 g/mol. The number of anilines is 2. The highest BCUT2D eigenvalue weighted by Gasteiger charge is 2.20. The molecule has 0 spiro atoms. The Morgan fingerprint density at radius 2 is 1.85 bits per heavy atom. The number of nitrogen functional groups attached to an aromatic ring is 1. The number of ether oxygens (including phenoxy) is 1. The number of carbonyl (C=O) groups excluding carboxylic acids is 2. The van der Waals surface area contributed by atoms with E-state index in [1.807, 2.05) is 13.8 Å². The van der Waals surface area contributed by atoms with Crippen molar-refractivity contribution in [2.24, 2.45) is 0 Å². The molecule has 0 aliphatic carbocycles. The number of carbonyl (C=O) groups is 2. The van der Waals surface area contributed by atoms with Crippen molar-refractivity contribution in [3.8, 4) is 23.1 Å². The summed E-state index contributed by atoms with van der Waals surface area (Å²) in [6.45, 7) is 10.8. The van der Waals surface area contributed by atoms with Crippen molar-refractivity contribution >= 4 is 23.5 Å². The van der Waals surface area contributed by atoms with Gasteiger partial charge in [0.15, 0.2) is 0 Å². The van der Waals surface area contributed by atoms with Gasteiger partial charge in [0.05, 0.1) is 23.4 Å². The van der Waals surface area contributed by atoms with E-state index in [0.717, 1.165) is 11.6 Å². The second-order valence-electron chi connectivity index (χ2n) is 10.6. The van der Waals surface area contributed by atoms with E-state index >= 15 is 0 Å². The lowest BCUT2D eigenvalue weighted by Crippen LogP contribution is -2.34. The number of nitrogens with one attached hydrogen (secondary N) is 1. The number of hydrogen-bond donors (Lipinski definition) is 2. The predicted molar refractivity (Wildman–Crippen MR) is 151 cm³/mol. The third-order valence-corrected chi connectivity index (χ3v) is 5.89. The number of nitrogens with two attached hydrogens (primary N) is 1. The minimum atomic E-state index is -0.722. The number of rotatable bonds is 5. The van der Waals surface area contributed by atoms with Gasteiger partial charge in [0.25, 0.3) is 5.91 Å². The molecule has 2 aromatic carbocycles. The maximum absolute atomic E-state index is 14.8. The maximum Gasteiger partial charge on any atom is 0.410 e. The van der Waals surface area contributed by atoms with Crippen molar-refractivity contribution in [3.05, 3.63) is 70.5 Å². The molecule has 1 heterocycles. The van der Waals surface area contributed by atoms with Crippen LogP contribution in [-0.2, 0) is 4.74 Å². The van der Waals surface area contributed by atoms with Crippen LogP contribution in [-0.4, -0.2) is 46.1 Å². The lowest BCUT2D eigenvalue weighted by molar-refractivity contribution is 0.0320.